The molecule has 0 aliphatic carbocycles. The number of aryl methyl sites for hydroxylation is 1. The van der Waals surface area contributed by atoms with Gasteiger partial charge < -0.3 is 9.72 Å². The van der Waals surface area contributed by atoms with Crippen molar-refractivity contribution in [1.29, 1.82) is 0 Å². The molecule has 0 spiro atoms. The van der Waals surface area contributed by atoms with Crippen LogP contribution in [0.1, 0.15) is 16.8 Å². The van der Waals surface area contributed by atoms with E-state index in [9.17, 15) is 0 Å². The number of fused-ring (bicyclic) bond motifs is 2. The first-order chi connectivity index (χ1) is 9.29. The van der Waals surface area contributed by atoms with Crippen molar-refractivity contribution in [2.45, 2.75) is 20.1 Å². The summed E-state index contributed by atoms with van der Waals surface area (Å²) < 4.78 is 5.44. The van der Waals surface area contributed by atoms with Crippen LogP contribution in [0.4, 0.5) is 0 Å². The topological polar surface area (TPSA) is 50.8 Å². The Balaban J connectivity index is 1.85. The maximum absolute atomic E-state index is 5.44. The molecule has 0 bridgehead atoms. The molecule has 0 unspecified atom stereocenters. The molecule has 4 rings (SSSR count). The molecule has 0 radical (unpaired) electrons. The highest BCUT2D eigenvalue weighted by Crippen LogP contribution is 2.26. The van der Waals surface area contributed by atoms with E-state index in [0.717, 1.165) is 34.9 Å². The highest BCUT2D eigenvalue weighted by molar-refractivity contribution is 5.76. The van der Waals surface area contributed by atoms with E-state index in [-0.39, 0.29) is 0 Å². The minimum Gasteiger partial charge on any atom is -0.372 e. The highest BCUT2D eigenvalue weighted by Gasteiger charge is 2.13. The van der Waals surface area contributed by atoms with Crippen LogP contribution in [-0.4, -0.2) is 15.0 Å². The molecule has 1 aliphatic rings. The van der Waals surface area contributed by atoms with Gasteiger partial charge in [-0.05, 0) is 36.2 Å². The van der Waals surface area contributed by atoms with Gasteiger partial charge in [0.15, 0.2) is 5.65 Å². The van der Waals surface area contributed by atoms with Gasteiger partial charge in [-0.1, -0.05) is 12.1 Å². The fraction of sp³-hybridized carbons (Fsp3) is 0.200. The predicted octanol–water partition coefficient (Wildman–Crippen LogP) is 2.96. The van der Waals surface area contributed by atoms with Crippen LogP contribution in [0.5, 0.6) is 0 Å². The van der Waals surface area contributed by atoms with Crippen LogP contribution < -0.4 is 0 Å². The van der Waals surface area contributed by atoms with Crippen molar-refractivity contribution in [2.24, 2.45) is 0 Å². The lowest BCUT2D eigenvalue weighted by molar-refractivity contribution is 0.134. The van der Waals surface area contributed by atoms with Gasteiger partial charge in [-0.15, -0.1) is 0 Å². The van der Waals surface area contributed by atoms with Crippen LogP contribution in [0.25, 0.3) is 22.6 Å². The highest BCUT2D eigenvalue weighted by atomic mass is 16.5. The Labute approximate surface area is 110 Å². The van der Waals surface area contributed by atoms with E-state index < -0.39 is 0 Å². The van der Waals surface area contributed by atoms with Crippen molar-refractivity contribution >= 4 is 11.2 Å². The van der Waals surface area contributed by atoms with Crippen LogP contribution in [0.3, 0.4) is 0 Å². The zero-order valence-corrected chi connectivity index (χ0v) is 10.6. The number of H-pyrrole nitrogens is 1. The third-order valence-corrected chi connectivity index (χ3v) is 3.48. The first kappa shape index (κ1) is 10.7. The fourth-order valence-corrected chi connectivity index (χ4v) is 2.44. The summed E-state index contributed by atoms with van der Waals surface area (Å²) in [6.07, 6.45) is 0. The van der Waals surface area contributed by atoms with Gasteiger partial charge in [0.25, 0.3) is 0 Å². The summed E-state index contributed by atoms with van der Waals surface area (Å²) in [6, 6.07) is 10.3. The molecule has 0 amide bonds. The Bertz CT molecular complexity index is 776. The molecule has 4 heteroatoms. The van der Waals surface area contributed by atoms with Gasteiger partial charge in [0, 0.05) is 11.3 Å². The molecule has 1 N–H and O–H groups in total. The number of imidazole rings is 1. The number of nitrogens with zero attached hydrogens (tertiary/aromatic N) is 2. The first-order valence-electron chi connectivity index (χ1n) is 6.33. The molecular weight excluding hydrogens is 238 g/mol. The Morgan fingerprint density at radius 1 is 1.05 bits per heavy atom. The van der Waals surface area contributed by atoms with Crippen LogP contribution >= 0.6 is 0 Å². The summed E-state index contributed by atoms with van der Waals surface area (Å²) in [5.41, 5.74) is 6.33. The monoisotopic (exact) mass is 251 g/mol. The van der Waals surface area contributed by atoms with E-state index in [0.29, 0.717) is 6.61 Å². The second-order valence-electron chi connectivity index (χ2n) is 4.89. The van der Waals surface area contributed by atoms with E-state index in [1.165, 1.54) is 11.1 Å². The van der Waals surface area contributed by atoms with Crippen LogP contribution in [0.2, 0.25) is 0 Å². The second kappa shape index (κ2) is 3.90. The Hall–Kier alpha value is -2.20. The lowest BCUT2D eigenvalue weighted by Crippen LogP contribution is -1.86. The van der Waals surface area contributed by atoms with Crippen LogP contribution in [0.15, 0.2) is 30.3 Å². The largest absolute Gasteiger partial charge is 0.372 e. The van der Waals surface area contributed by atoms with E-state index in [1.54, 1.807) is 0 Å². The van der Waals surface area contributed by atoms with Gasteiger partial charge >= 0.3 is 0 Å². The number of aromatic amines is 1. The molecular formula is C15H13N3O. The molecule has 19 heavy (non-hydrogen) atoms. The molecule has 94 valence electrons. The number of ether oxygens (including phenoxy) is 1. The Morgan fingerprint density at radius 3 is 2.89 bits per heavy atom. The summed E-state index contributed by atoms with van der Waals surface area (Å²) in [4.78, 5) is 12.3. The van der Waals surface area contributed by atoms with Crippen molar-refractivity contribution in [1.82, 2.24) is 15.0 Å². The van der Waals surface area contributed by atoms with Gasteiger partial charge in [0.1, 0.15) is 5.82 Å². The smallest absolute Gasteiger partial charge is 0.178 e. The maximum Gasteiger partial charge on any atom is 0.178 e. The number of nitrogens with one attached hydrogen (secondary N) is 1. The molecule has 1 aliphatic heterocycles. The molecule has 1 aromatic carbocycles. The molecule has 0 saturated heterocycles. The quantitative estimate of drug-likeness (QED) is 0.723. The van der Waals surface area contributed by atoms with Crippen LogP contribution in [0, 0.1) is 6.92 Å². The predicted molar refractivity (Wildman–Crippen MR) is 72.6 cm³/mol. The fourth-order valence-electron chi connectivity index (χ4n) is 2.44. The molecule has 2 aromatic heterocycles. The minimum atomic E-state index is 0.695. The van der Waals surface area contributed by atoms with E-state index >= 15 is 0 Å². The lowest BCUT2D eigenvalue weighted by Gasteiger charge is -2.00. The van der Waals surface area contributed by atoms with E-state index in [4.69, 9.17) is 4.74 Å². The van der Waals surface area contributed by atoms with Crippen molar-refractivity contribution in [3.63, 3.8) is 0 Å². The van der Waals surface area contributed by atoms with Crippen molar-refractivity contribution < 1.29 is 4.74 Å². The average molecular weight is 251 g/mol. The number of pyridine rings is 1. The van der Waals surface area contributed by atoms with Crippen molar-refractivity contribution in [3.8, 4) is 11.4 Å². The number of benzene rings is 1. The zero-order valence-electron chi connectivity index (χ0n) is 10.6. The third-order valence-electron chi connectivity index (χ3n) is 3.48. The average Bonchev–Trinajstić information content (AvgIpc) is 3.02. The normalized spacial score (nSPS) is 13.9. The SMILES string of the molecule is Cc1ccc2[nH]c(-c3ccc4c(c3)COC4)nc2n1. The molecule has 3 heterocycles. The molecule has 0 fully saturated rings. The molecule has 0 atom stereocenters. The van der Waals surface area contributed by atoms with Gasteiger partial charge in [-0.3, -0.25) is 0 Å². The molecule has 3 aromatic rings. The first-order valence-corrected chi connectivity index (χ1v) is 6.33. The Kier molecular flexibility index (Phi) is 2.19. The molecule has 0 saturated carbocycles. The van der Waals surface area contributed by atoms with E-state index in [1.807, 2.05) is 19.1 Å². The van der Waals surface area contributed by atoms with Crippen molar-refractivity contribution in [2.75, 3.05) is 0 Å². The van der Waals surface area contributed by atoms with Gasteiger partial charge in [0.05, 0.1) is 18.7 Å². The van der Waals surface area contributed by atoms with E-state index in [2.05, 4.69) is 33.2 Å². The lowest BCUT2D eigenvalue weighted by atomic mass is 10.1. The van der Waals surface area contributed by atoms with Crippen LogP contribution in [-0.2, 0) is 18.0 Å². The second-order valence-corrected chi connectivity index (χ2v) is 4.89. The number of rotatable bonds is 1. The summed E-state index contributed by atoms with van der Waals surface area (Å²) in [5.74, 6) is 0.864. The van der Waals surface area contributed by atoms with Gasteiger partial charge in [0.2, 0.25) is 0 Å². The van der Waals surface area contributed by atoms with Crippen molar-refractivity contribution in [3.05, 3.63) is 47.2 Å². The summed E-state index contributed by atoms with van der Waals surface area (Å²) in [5, 5.41) is 0. The summed E-state index contributed by atoms with van der Waals surface area (Å²) >= 11 is 0. The Morgan fingerprint density at radius 2 is 1.95 bits per heavy atom. The number of aromatic nitrogens is 3. The zero-order chi connectivity index (χ0) is 12.8. The maximum atomic E-state index is 5.44. The number of hydrogen-bond donors (Lipinski definition) is 1. The van der Waals surface area contributed by atoms with Gasteiger partial charge in [-0.2, -0.15) is 0 Å². The summed E-state index contributed by atoms with van der Waals surface area (Å²) in [7, 11) is 0. The third kappa shape index (κ3) is 1.72. The number of hydrogen-bond acceptors (Lipinski definition) is 3. The summed E-state index contributed by atoms with van der Waals surface area (Å²) in [6.45, 7) is 3.39. The van der Waals surface area contributed by atoms with Gasteiger partial charge in [-0.25, -0.2) is 9.97 Å². The molecule has 4 nitrogen and oxygen atoms in total. The minimum absolute atomic E-state index is 0.695. The standard InChI is InChI=1S/C15H13N3O/c1-9-2-5-13-15(16-9)18-14(17-13)10-3-4-11-7-19-8-12(11)6-10/h2-6H,7-8H2,1H3,(H,16,17,18).